The number of benzene rings is 3. The van der Waals surface area contributed by atoms with Gasteiger partial charge in [-0.25, -0.2) is 9.69 Å². The average molecular weight is 600 g/mol. The maximum atomic E-state index is 13.3. The van der Waals surface area contributed by atoms with Gasteiger partial charge in [-0.3, -0.25) is 14.9 Å². The highest BCUT2D eigenvalue weighted by atomic mass is 79.9. The molecule has 0 saturated carbocycles. The van der Waals surface area contributed by atoms with Gasteiger partial charge in [0.1, 0.15) is 17.9 Å². The molecule has 38 heavy (non-hydrogen) atoms. The smallest absolute Gasteiger partial charge is 0.335 e. The lowest BCUT2D eigenvalue weighted by atomic mass is 10.1. The molecular weight excluding hydrogens is 576 g/mol. The lowest BCUT2D eigenvalue weighted by molar-refractivity contribution is -0.122. The number of nitrogens with zero attached hydrogens (tertiary/aromatic N) is 1. The van der Waals surface area contributed by atoms with E-state index in [-0.39, 0.29) is 17.2 Å². The number of halogens is 2. The van der Waals surface area contributed by atoms with Gasteiger partial charge in [-0.05, 0) is 68.0 Å². The van der Waals surface area contributed by atoms with Crippen molar-refractivity contribution < 1.29 is 28.6 Å². The quantitative estimate of drug-likeness (QED) is 0.234. The fraction of sp³-hybridized carbons (Fsp3) is 0.179. The van der Waals surface area contributed by atoms with Gasteiger partial charge in [0, 0.05) is 10.0 Å². The Morgan fingerprint density at radius 3 is 2.34 bits per heavy atom. The Hall–Kier alpha value is -3.82. The standard InChI is InChI=1S/C28H24BrClN2O6/c1-3-36-20-11-9-19(10-12-20)32-27(34)21(26(33)31-28(32)35)13-17-14-23(30)25(24(15-17)37-4-2)38-16-18-7-5-6-8-22(18)29/h5-15H,3-4,16H2,1-2H3,(H,31,33,35)/b21-13+. The van der Waals surface area contributed by atoms with Gasteiger partial charge in [0.2, 0.25) is 0 Å². The minimum atomic E-state index is -0.842. The van der Waals surface area contributed by atoms with E-state index < -0.39 is 17.8 Å². The number of ether oxygens (including phenoxy) is 3. The predicted octanol–water partition coefficient (Wildman–Crippen LogP) is 6.15. The Morgan fingerprint density at radius 2 is 1.66 bits per heavy atom. The highest BCUT2D eigenvalue weighted by Gasteiger charge is 2.37. The highest BCUT2D eigenvalue weighted by molar-refractivity contribution is 9.10. The van der Waals surface area contributed by atoms with Crippen LogP contribution in [0.15, 0.2) is 70.7 Å². The first-order valence-corrected chi connectivity index (χ1v) is 13.0. The van der Waals surface area contributed by atoms with Gasteiger partial charge in [0.15, 0.2) is 11.5 Å². The zero-order valence-corrected chi connectivity index (χ0v) is 23.0. The van der Waals surface area contributed by atoms with Gasteiger partial charge in [0.25, 0.3) is 11.8 Å². The van der Waals surface area contributed by atoms with Crippen molar-refractivity contribution in [1.82, 2.24) is 5.32 Å². The number of carbonyl (C=O) groups is 3. The molecule has 0 bridgehead atoms. The third-order valence-corrected chi connectivity index (χ3v) is 6.53. The van der Waals surface area contributed by atoms with Crippen LogP contribution in [0.25, 0.3) is 6.08 Å². The lowest BCUT2D eigenvalue weighted by Crippen LogP contribution is -2.54. The van der Waals surface area contributed by atoms with Gasteiger partial charge < -0.3 is 14.2 Å². The summed E-state index contributed by atoms with van der Waals surface area (Å²) in [5.74, 6) is -0.316. The second-order valence-electron chi connectivity index (χ2n) is 8.03. The van der Waals surface area contributed by atoms with Crippen molar-refractivity contribution in [3.8, 4) is 17.2 Å². The first-order chi connectivity index (χ1) is 18.3. The fourth-order valence-corrected chi connectivity index (χ4v) is 4.43. The molecule has 3 aromatic rings. The Morgan fingerprint density at radius 1 is 0.947 bits per heavy atom. The van der Waals surface area contributed by atoms with Crippen LogP contribution in [0.4, 0.5) is 10.5 Å². The topological polar surface area (TPSA) is 94.2 Å². The summed E-state index contributed by atoms with van der Waals surface area (Å²) in [4.78, 5) is 39.3. The van der Waals surface area contributed by atoms with Crippen LogP contribution >= 0.6 is 27.5 Å². The molecule has 1 N–H and O–H groups in total. The minimum Gasteiger partial charge on any atom is -0.494 e. The molecule has 10 heteroatoms. The number of anilines is 1. The summed E-state index contributed by atoms with van der Waals surface area (Å²) in [6.07, 6.45) is 1.36. The number of rotatable bonds is 9. The second kappa shape index (κ2) is 12.1. The molecule has 4 rings (SSSR count). The number of hydrogen-bond acceptors (Lipinski definition) is 6. The van der Waals surface area contributed by atoms with Crippen molar-refractivity contribution in [2.24, 2.45) is 0 Å². The molecule has 1 fully saturated rings. The fourth-order valence-electron chi connectivity index (χ4n) is 3.76. The minimum absolute atomic E-state index is 0.234. The van der Waals surface area contributed by atoms with Crippen LogP contribution in [-0.2, 0) is 16.2 Å². The van der Waals surface area contributed by atoms with Crippen molar-refractivity contribution in [3.63, 3.8) is 0 Å². The summed E-state index contributed by atoms with van der Waals surface area (Å²) in [7, 11) is 0. The maximum absolute atomic E-state index is 13.3. The zero-order chi connectivity index (χ0) is 27.2. The molecule has 1 saturated heterocycles. The van der Waals surface area contributed by atoms with Crippen LogP contribution in [-0.4, -0.2) is 31.1 Å². The number of carbonyl (C=O) groups excluding carboxylic acids is 3. The van der Waals surface area contributed by atoms with Gasteiger partial charge in [-0.1, -0.05) is 45.7 Å². The molecule has 0 aromatic heterocycles. The molecule has 0 spiro atoms. The molecule has 3 aromatic carbocycles. The van der Waals surface area contributed by atoms with Crippen molar-refractivity contribution in [3.05, 3.63) is 86.9 Å². The molecule has 0 unspecified atom stereocenters. The monoisotopic (exact) mass is 598 g/mol. The molecule has 196 valence electrons. The zero-order valence-electron chi connectivity index (χ0n) is 20.6. The Bertz CT molecular complexity index is 1410. The number of imide groups is 2. The highest BCUT2D eigenvalue weighted by Crippen LogP contribution is 2.38. The summed E-state index contributed by atoms with van der Waals surface area (Å²) in [5, 5.41) is 2.45. The van der Waals surface area contributed by atoms with Crippen LogP contribution in [0.1, 0.15) is 25.0 Å². The molecule has 1 aliphatic rings. The molecule has 1 aliphatic heterocycles. The maximum Gasteiger partial charge on any atom is 0.335 e. The second-order valence-corrected chi connectivity index (χ2v) is 9.29. The molecule has 0 radical (unpaired) electrons. The van der Waals surface area contributed by atoms with Gasteiger partial charge in [0.05, 0.1) is 23.9 Å². The van der Waals surface area contributed by atoms with Crippen LogP contribution in [0.3, 0.4) is 0 Å². The summed E-state index contributed by atoms with van der Waals surface area (Å²) in [5.41, 5.74) is 1.39. The van der Waals surface area contributed by atoms with E-state index in [1.54, 1.807) is 36.4 Å². The summed E-state index contributed by atoms with van der Waals surface area (Å²) >= 11 is 10.0. The first kappa shape index (κ1) is 27.2. The van der Waals surface area contributed by atoms with E-state index in [0.717, 1.165) is 14.9 Å². The van der Waals surface area contributed by atoms with E-state index in [4.69, 9.17) is 25.8 Å². The summed E-state index contributed by atoms with van der Waals surface area (Å²) in [6.45, 7) is 4.71. The number of barbiturate groups is 1. The predicted molar refractivity (Wildman–Crippen MR) is 148 cm³/mol. The number of amides is 4. The van der Waals surface area contributed by atoms with Crippen molar-refractivity contribution in [1.29, 1.82) is 0 Å². The normalized spacial score (nSPS) is 14.5. The molecule has 0 atom stereocenters. The van der Waals surface area contributed by atoms with Crippen LogP contribution < -0.4 is 24.4 Å². The third kappa shape index (κ3) is 6.00. The largest absolute Gasteiger partial charge is 0.494 e. The van der Waals surface area contributed by atoms with E-state index in [1.807, 2.05) is 38.1 Å². The van der Waals surface area contributed by atoms with Gasteiger partial charge >= 0.3 is 6.03 Å². The Labute approximate surface area is 233 Å². The molecular formula is C28H24BrClN2O6. The Kier molecular flexibility index (Phi) is 8.70. The molecule has 8 nitrogen and oxygen atoms in total. The van der Waals surface area contributed by atoms with Crippen LogP contribution in [0.5, 0.6) is 17.2 Å². The van der Waals surface area contributed by atoms with E-state index in [9.17, 15) is 14.4 Å². The number of urea groups is 1. The van der Waals surface area contributed by atoms with E-state index in [2.05, 4.69) is 21.2 Å². The van der Waals surface area contributed by atoms with Gasteiger partial charge in [-0.2, -0.15) is 0 Å². The number of hydrogen-bond donors (Lipinski definition) is 1. The van der Waals surface area contributed by atoms with Crippen molar-refractivity contribution in [2.45, 2.75) is 20.5 Å². The number of nitrogens with one attached hydrogen (secondary N) is 1. The van der Waals surface area contributed by atoms with E-state index in [0.29, 0.717) is 41.7 Å². The summed E-state index contributed by atoms with van der Waals surface area (Å²) in [6, 6.07) is 16.4. The Balaban J connectivity index is 1.64. The van der Waals surface area contributed by atoms with Gasteiger partial charge in [-0.15, -0.1) is 0 Å². The molecule has 1 heterocycles. The van der Waals surface area contributed by atoms with Crippen molar-refractivity contribution in [2.75, 3.05) is 18.1 Å². The van der Waals surface area contributed by atoms with Crippen molar-refractivity contribution >= 4 is 57.1 Å². The van der Waals surface area contributed by atoms with E-state index in [1.165, 1.54) is 6.08 Å². The summed E-state index contributed by atoms with van der Waals surface area (Å²) < 4.78 is 18.0. The lowest BCUT2D eigenvalue weighted by Gasteiger charge is -2.26. The van der Waals surface area contributed by atoms with Crippen LogP contribution in [0.2, 0.25) is 5.02 Å². The average Bonchev–Trinajstić information content (AvgIpc) is 2.88. The third-order valence-electron chi connectivity index (χ3n) is 5.48. The van der Waals surface area contributed by atoms with E-state index >= 15 is 0 Å². The molecule has 0 aliphatic carbocycles. The SMILES string of the molecule is CCOc1ccc(N2C(=O)NC(=O)/C(=C\c3cc(Cl)c(OCc4ccccc4Br)c(OCC)c3)C2=O)cc1. The first-order valence-electron chi connectivity index (χ1n) is 11.8. The molecule has 4 amide bonds. The van der Waals surface area contributed by atoms with Crippen LogP contribution in [0, 0.1) is 0 Å².